The molecule has 0 bridgehead atoms. The van der Waals surface area contributed by atoms with E-state index in [0.29, 0.717) is 5.56 Å². The molecule has 16 heteroatoms. The van der Waals surface area contributed by atoms with Crippen LogP contribution >= 0.6 is 0 Å². The average Bonchev–Trinajstić information content (AvgIpc) is 3.49. The number of carboxylic acids is 2. The van der Waals surface area contributed by atoms with E-state index < -0.39 is 35.1 Å². The monoisotopic (exact) mass is 1370 g/mol. The quantitative estimate of drug-likeness (QED) is 0.0602. The van der Waals surface area contributed by atoms with Crippen LogP contribution in [0.3, 0.4) is 0 Å². The predicted octanol–water partition coefficient (Wildman–Crippen LogP) is 5.95. The summed E-state index contributed by atoms with van der Waals surface area (Å²) in [5.74, 6) is -2.02. The number of morpholine rings is 2. The Bertz CT molecular complexity index is 2480. The number of benzene rings is 8. The SMILES string of the molecule is CO.O=C(O)c1ccc(N2CCOCC2)cc1.O=C([O-])c1ccc(N2CCOCC2)cc1.O=[CH][Pb](=[O])[OH].[I-].c1ccc([S+](c2ccccc2)c2ccccc2)cc1.c1ccc([S+](c2ccccc2)c2ccccc2)cc1. The Labute approximate surface area is 477 Å². The Balaban J connectivity index is 0.000000210. The molecule has 0 amide bonds. The van der Waals surface area contributed by atoms with E-state index >= 15 is 0 Å². The zero-order chi connectivity index (χ0) is 53.5. The number of halogens is 1. The molecule has 2 saturated heterocycles. The number of rotatable bonds is 11. The maximum Gasteiger partial charge on any atom is 0.166 e. The van der Waals surface area contributed by atoms with Crippen molar-refractivity contribution in [1.29, 1.82) is 0 Å². The molecular formula is C60H61IN2O10PbS2. The molecule has 0 unspecified atom stereocenters. The molecule has 2 heterocycles. The first-order valence-electron chi connectivity index (χ1n) is 23.9. The van der Waals surface area contributed by atoms with Crippen molar-refractivity contribution in [3.8, 4) is 0 Å². The number of carbonyl (C=O) groups excluding carboxylic acids is 2. The smallest absolute Gasteiger partial charge is 0.166 e. The molecule has 10 rings (SSSR count). The van der Waals surface area contributed by atoms with E-state index in [0.717, 1.165) is 71.1 Å². The van der Waals surface area contributed by atoms with E-state index in [4.69, 9.17) is 27.5 Å². The summed E-state index contributed by atoms with van der Waals surface area (Å²) in [6, 6.07) is 78.0. The first-order valence-corrected chi connectivity index (χ1v) is 32.0. The van der Waals surface area contributed by atoms with Gasteiger partial charge < -0.3 is 63.4 Å². The van der Waals surface area contributed by atoms with Gasteiger partial charge in [-0.1, -0.05) is 121 Å². The molecule has 8 aromatic carbocycles. The van der Waals surface area contributed by atoms with Gasteiger partial charge in [0.05, 0.1) is 59.8 Å². The van der Waals surface area contributed by atoms with Crippen molar-refractivity contribution in [1.82, 2.24) is 0 Å². The standard InChI is InChI=1S/2C18H15S.2C11H13NO3.CH4O.CHO.HI.H2O.O.Pb/c2*1-4-10-16(11-5-1)19(17-12-6-2-7-13-17)18-14-8-3-9-15-18;2*13-11(14)9-1-3-10(4-2-9)12-5-7-15-8-6-12;2*1-2;;;;/h2*1-15H;2*1-4H,5-8H2,(H,13,14);2H,1H3;1H;1H;1H2;;/q2*+1;;;;;;;;+1/p-3. The molecule has 0 spiro atoms. The van der Waals surface area contributed by atoms with Crippen molar-refractivity contribution in [3.05, 3.63) is 242 Å². The Kier molecular flexibility index (Phi) is 29.7. The Morgan fingerprint density at radius 3 is 0.882 bits per heavy atom. The molecule has 0 radical (unpaired) electrons. The predicted molar refractivity (Wildman–Crippen MR) is 297 cm³/mol. The normalized spacial score (nSPS) is 12.3. The van der Waals surface area contributed by atoms with Gasteiger partial charge in [0.2, 0.25) is 0 Å². The second-order valence-electron chi connectivity index (χ2n) is 15.8. The zero-order valence-corrected chi connectivity index (χ0v) is 49.6. The van der Waals surface area contributed by atoms with Crippen LogP contribution < -0.4 is 38.9 Å². The Morgan fingerprint density at radius 1 is 0.461 bits per heavy atom. The molecule has 2 aliphatic rings. The van der Waals surface area contributed by atoms with Crippen LogP contribution in [0.2, 0.25) is 0 Å². The number of carboxylic acid groups (broad SMARTS) is 2. The first kappa shape index (κ1) is 62.5. The molecule has 0 saturated carbocycles. The van der Waals surface area contributed by atoms with E-state index in [9.17, 15) is 17.4 Å². The van der Waals surface area contributed by atoms with Gasteiger partial charge in [-0.2, -0.15) is 0 Å². The van der Waals surface area contributed by atoms with Crippen molar-refractivity contribution < 1.29 is 68.9 Å². The van der Waals surface area contributed by atoms with Crippen molar-refractivity contribution in [2.45, 2.75) is 29.4 Å². The van der Waals surface area contributed by atoms with Crippen LogP contribution in [0.15, 0.2) is 260 Å². The summed E-state index contributed by atoms with van der Waals surface area (Å²) in [4.78, 5) is 42.8. The third-order valence-electron chi connectivity index (χ3n) is 10.9. The van der Waals surface area contributed by atoms with Gasteiger partial charge >= 0.3 is 43.5 Å². The minimum absolute atomic E-state index is 0. The second-order valence-corrected chi connectivity index (χ2v) is 23.4. The van der Waals surface area contributed by atoms with Crippen LogP contribution in [0.1, 0.15) is 20.7 Å². The van der Waals surface area contributed by atoms with Crippen LogP contribution in [-0.4, -0.2) is 112 Å². The third-order valence-corrected chi connectivity index (χ3v) is 16.2. The number of hydrogen-bond acceptors (Lipinski definition) is 10. The molecule has 0 aliphatic carbocycles. The van der Waals surface area contributed by atoms with E-state index in [1.165, 1.54) is 29.4 Å². The summed E-state index contributed by atoms with van der Waals surface area (Å²) < 4.78 is 27.6. The molecule has 2 fully saturated rings. The van der Waals surface area contributed by atoms with Crippen LogP contribution in [-0.2, 0) is 38.7 Å². The number of anilines is 2. The topological polar surface area (TPSA) is 177 Å². The van der Waals surface area contributed by atoms with E-state index in [2.05, 4.69) is 192 Å². The average molecular weight is 1370 g/mol. The minimum Gasteiger partial charge on any atom is -1.00 e. The van der Waals surface area contributed by atoms with Gasteiger partial charge in [0.15, 0.2) is 29.4 Å². The molecule has 0 aromatic heterocycles. The summed E-state index contributed by atoms with van der Waals surface area (Å²) in [6.07, 6.45) is 0. The third kappa shape index (κ3) is 21.2. The molecule has 394 valence electrons. The van der Waals surface area contributed by atoms with E-state index in [-0.39, 0.29) is 55.2 Å². The van der Waals surface area contributed by atoms with Gasteiger partial charge in [-0.25, -0.2) is 4.79 Å². The fourth-order valence-corrected chi connectivity index (χ4v) is 11.6. The fourth-order valence-electron chi connectivity index (χ4n) is 7.42. The summed E-state index contributed by atoms with van der Waals surface area (Å²) in [6.45, 7) is 6.36. The van der Waals surface area contributed by atoms with Crippen molar-refractivity contribution in [2.75, 3.05) is 69.5 Å². The number of hydrogen-bond donors (Lipinski definition) is 3. The van der Waals surface area contributed by atoms with Gasteiger partial charge in [0.1, 0.15) is 0 Å². The zero-order valence-electron chi connectivity index (χ0n) is 42.0. The van der Waals surface area contributed by atoms with Crippen molar-refractivity contribution in [2.24, 2.45) is 0 Å². The van der Waals surface area contributed by atoms with Gasteiger partial charge in [0.25, 0.3) is 0 Å². The molecular weight excluding hydrogens is 1310 g/mol. The maximum atomic E-state index is 10.7. The van der Waals surface area contributed by atoms with E-state index in [1.807, 2.05) is 12.1 Å². The minimum atomic E-state index is -3.63. The van der Waals surface area contributed by atoms with Gasteiger partial charge in [0, 0.05) is 44.7 Å². The van der Waals surface area contributed by atoms with Crippen LogP contribution in [0.25, 0.3) is 0 Å². The maximum absolute atomic E-state index is 10.7. The van der Waals surface area contributed by atoms with Crippen LogP contribution in [0.5, 0.6) is 0 Å². The number of aromatic carboxylic acids is 2. The number of aliphatic hydroxyl groups is 1. The Hall–Kier alpha value is -6.04. The number of nitrogens with zero attached hydrogens (tertiary/aromatic N) is 2. The van der Waals surface area contributed by atoms with E-state index in [1.54, 1.807) is 36.4 Å². The first-order chi connectivity index (χ1) is 36.7. The summed E-state index contributed by atoms with van der Waals surface area (Å²) in [5, 5.41) is 26.3. The number of carbonyl (C=O) groups is 3. The van der Waals surface area contributed by atoms with Crippen LogP contribution in [0.4, 0.5) is 11.4 Å². The second kappa shape index (κ2) is 36.1. The molecule has 76 heavy (non-hydrogen) atoms. The van der Waals surface area contributed by atoms with Crippen molar-refractivity contribution >= 4 is 72.1 Å². The van der Waals surface area contributed by atoms with Crippen LogP contribution in [0, 0.1) is 0 Å². The van der Waals surface area contributed by atoms with Gasteiger partial charge in [-0.3, -0.25) is 0 Å². The molecule has 12 nitrogen and oxygen atoms in total. The molecule has 8 aromatic rings. The summed E-state index contributed by atoms with van der Waals surface area (Å²) in [7, 11) is 0.971. The summed E-state index contributed by atoms with van der Waals surface area (Å²) >= 11 is -3.63. The number of aliphatic hydroxyl groups excluding tert-OH is 1. The van der Waals surface area contributed by atoms with Gasteiger partial charge in [-0.05, 0) is 115 Å². The molecule has 2 aliphatic heterocycles. The molecule has 0 atom stereocenters. The number of ether oxygens (including phenoxy) is 2. The largest absolute Gasteiger partial charge is 1.00 e. The van der Waals surface area contributed by atoms with Crippen molar-refractivity contribution in [3.63, 3.8) is 0 Å². The Morgan fingerprint density at radius 2 is 0.684 bits per heavy atom. The van der Waals surface area contributed by atoms with Gasteiger partial charge in [-0.15, -0.1) is 0 Å². The fraction of sp³-hybridized carbons (Fsp3) is 0.150. The summed E-state index contributed by atoms with van der Waals surface area (Å²) in [5.41, 5.74) is 2.63. The molecule has 3 N–H and O–H groups in total.